The van der Waals surface area contributed by atoms with E-state index in [2.05, 4.69) is 68.5 Å². The van der Waals surface area contributed by atoms with Crippen molar-refractivity contribution in [1.29, 1.82) is 0 Å². The molecule has 1 aromatic heterocycles. The SMILES string of the molecule is Cc1ncoc1COc1ccc2c(c1)CCN(C[C@@H](O)CNC(=O)C1CC(N3CCN(C(C)(C)C)CC3)NC(NC3CCC3)C13CCCCCCC3)C2. The number of aromatic nitrogens is 1. The van der Waals surface area contributed by atoms with E-state index < -0.39 is 6.10 Å². The standard InChI is InChI=1S/C42H67N7O4/c1-30-37(53-29-44-30)28-52-35-14-13-32-26-47(18-15-31(32)23-35)27-34(50)25-43-39(51)36-24-38(48-19-21-49(22-20-48)41(2,3)4)46-40(45-33-11-10-12-33)42(36)16-8-6-5-7-9-17-42/h13-14,23,29,33-34,36,38,40,45-46,50H,5-12,15-22,24-28H2,1-4H3,(H,43,51)/t34-,36?,38?,40?/m0/s1. The smallest absolute Gasteiger partial charge is 0.223 e. The molecule has 2 aromatic rings. The number of aliphatic hydroxyl groups excluding tert-OH is 1. The first kappa shape index (κ1) is 38.7. The number of aliphatic hydroxyl groups is 1. The maximum absolute atomic E-state index is 14.6. The fourth-order valence-corrected chi connectivity index (χ4v) is 9.79. The maximum Gasteiger partial charge on any atom is 0.223 e. The maximum atomic E-state index is 14.6. The van der Waals surface area contributed by atoms with Gasteiger partial charge in [0.05, 0.1) is 24.1 Å². The lowest BCUT2D eigenvalue weighted by atomic mass is 9.61. The van der Waals surface area contributed by atoms with Crippen molar-refractivity contribution in [1.82, 2.24) is 35.6 Å². The zero-order valence-corrected chi connectivity index (χ0v) is 33.0. The second-order valence-corrected chi connectivity index (χ2v) is 17.9. The molecule has 53 heavy (non-hydrogen) atoms. The number of hydrogen-bond acceptors (Lipinski definition) is 10. The highest BCUT2D eigenvalue weighted by molar-refractivity contribution is 5.80. The van der Waals surface area contributed by atoms with Crippen LogP contribution in [0.4, 0.5) is 0 Å². The van der Waals surface area contributed by atoms with E-state index in [0.29, 0.717) is 19.2 Å². The third kappa shape index (κ3) is 9.30. The van der Waals surface area contributed by atoms with E-state index in [1.807, 2.05) is 13.0 Å². The lowest BCUT2D eigenvalue weighted by Crippen LogP contribution is -2.72. The van der Waals surface area contributed by atoms with Gasteiger partial charge in [0.25, 0.3) is 0 Å². The van der Waals surface area contributed by atoms with Gasteiger partial charge in [0.1, 0.15) is 12.4 Å². The molecule has 4 atom stereocenters. The number of oxazole rings is 1. The average molecular weight is 734 g/mol. The fraction of sp³-hybridized carbons (Fsp3) is 0.762. The summed E-state index contributed by atoms with van der Waals surface area (Å²) >= 11 is 0. The van der Waals surface area contributed by atoms with Crippen LogP contribution in [0.3, 0.4) is 0 Å². The molecule has 2 saturated heterocycles. The Hall–Kier alpha value is -2.54. The Morgan fingerprint density at radius 1 is 1.06 bits per heavy atom. The average Bonchev–Trinajstić information content (AvgIpc) is 3.53. The summed E-state index contributed by atoms with van der Waals surface area (Å²) in [7, 11) is 0. The molecule has 1 spiro atoms. The molecule has 1 amide bonds. The molecule has 4 N–H and O–H groups in total. The Kier molecular flexibility index (Phi) is 12.5. The van der Waals surface area contributed by atoms with Crippen LogP contribution in [-0.2, 0) is 24.4 Å². The molecule has 1 aromatic carbocycles. The molecule has 7 rings (SSSR count). The first-order valence-electron chi connectivity index (χ1n) is 20.9. The summed E-state index contributed by atoms with van der Waals surface area (Å²) in [6, 6.07) is 6.82. The number of piperidine rings is 1. The van der Waals surface area contributed by atoms with E-state index in [-0.39, 0.29) is 41.7 Å². The van der Waals surface area contributed by atoms with Gasteiger partial charge in [-0.2, -0.15) is 0 Å². The molecule has 4 heterocycles. The third-order valence-electron chi connectivity index (χ3n) is 13.4. The molecule has 294 valence electrons. The summed E-state index contributed by atoms with van der Waals surface area (Å²) in [6.07, 6.45) is 14.9. The number of carbonyl (C=O) groups is 1. The number of nitrogens with one attached hydrogen (secondary N) is 3. The second kappa shape index (κ2) is 17.1. The van der Waals surface area contributed by atoms with Crippen LogP contribution in [0.25, 0.3) is 0 Å². The predicted molar refractivity (Wildman–Crippen MR) is 207 cm³/mol. The number of hydrogen-bond donors (Lipinski definition) is 4. The Morgan fingerprint density at radius 3 is 2.49 bits per heavy atom. The van der Waals surface area contributed by atoms with Crippen LogP contribution in [-0.4, -0.2) is 107 Å². The van der Waals surface area contributed by atoms with Gasteiger partial charge in [0.15, 0.2) is 12.2 Å². The first-order chi connectivity index (χ1) is 25.6. The molecule has 2 saturated carbocycles. The molecule has 0 radical (unpaired) electrons. The van der Waals surface area contributed by atoms with Gasteiger partial charge < -0.3 is 19.6 Å². The molecular formula is C42H67N7O4. The lowest BCUT2D eigenvalue weighted by Gasteiger charge is -2.56. The van der Waals surface area contributed by atoms with Gasteiger partial charge >= 0.3 is 0 Å². The summed E-state index contributed by atoms with van der Waals surface area (Å²) in [5.41, 5.74) is 3.44. The topological polar surface area (TPSA) is 118 Å². The van der Waals surface area contributed by atoms with Crippen LogP contribution in [0.5, 0.6) is 5.75 Å². The van der Waals surface area contributed by atoms with E-state index in [0.717, 1.165) is 82.2 Å². The van der Waals surface area contributed by atoms with Crippen LogP contribution >= 0.6 is 0 Å². The van der Waals surface area contributed by atoms with Crippen molar-refractivity contribution in [2.45, 2.75) is 148 Å². The molecule has 2 aliphatic carbocycles. The Bertz CT molecular complexity index is 1490. The first-order valence-corrected chi connectivity index (χ1v) is 20.9. The normalized spacial score (nSPS) is 27.0. The minimum atomic E-state index is -0.631. The highest BCUT2D eigenvalue weighted by Gasteiger charge is 2.54. The van der Waals surface area contributed by atoms with Crippen molar-refractivity contribution < 1.29 is 19.1 Å². The number of piperazine rings is 1. The highest BCUT2D eigenvalue weighted by Crippen LogP contribution is 2.48. The van der Waals surface area contributed by atoms with Crippen molar-refractivity contribution in [2.75, 3.05) is 45.8 Å². The number of amides is 1. The van der Waals surface area contributed by atoms with Gasteiger partial charge in [-0.25, -0.2) is 4.98 Å². The summed E-state index contributed by atoms with van der Waals surface area (Å²) in [6.45, 7) is 15.8. The number of ether oxygens (including phenoxy) is 1. The van der Waals surface area contributed by atoms with Crippen LogP contribution in [0.1, 0.15) is 114 Å². The summed E-state index contributed by atoms with van der Waals surface area (Å²) in [5, 5.41) is 22.9. The number of benzene rings is 1. The van der Waals surface area contributed by atoms with Crippen LogP contribution < -0.4 is 20.7 Å². The van der Waals surface area contributed by atoms with E-state index in [9.17, 15) is 9.90 Å². The van der Waals surface area contributed by atoms with Crippen molar-refractivity contribution in [3.63, 3.8) is 0 Å². The number of aryl methyl sites for hydroxylation is 1. The molecule has 11 heteroatoms. The van der Waals surface area contributed by atoms with Crippen LogP contribution in [0.2, 0.25) is 0 Å². The fourth-order valence-electron chi connectivity index (χ4n) is 9.79. The van der Waals surface area contributed by atoms with Gasteiger partial charge in [-0.1, -0.05) is 44.6 Å². The quantitative estimate of drug-likeness (QED) is 0.253. The van der Waals surface area contributed by atoms with E-state index in [1.165, 1.54) is 68.9 Å². The van der Waals surface area contributed by atoms with Crippen LogP contribution in [0.15, 0.2) is 29.0 Å². The molecule has 5 aliphatic rings. The number of carbonyl (C=O) groups excluding carboxylic acids is 1. The van der Waals surface area contributed by atoms with Gasteiger partial charge in [0.2, 0.25) is 5.91 Å². The number of nitrogens with zero attached hydrogens (tertiary/aromatic N) is 4. The Balaban J connectivity index is 0.988. The van der Waals surface area contributed by atoms with E-state index in [1.54, 1.807) is 0 Å². The van der Waals surface area contributed by atoms with Crippen molar-refractivity contribution in [2.24, 2.45) is 11.3 Å². The summed E-state index contributed by atoms with van der Waals surface area (Å²) in [4.78, 5) is 26.3. The number of fused-ring (bicyclic) bond motifs is 1. The zero-order valence-electron chi connectivity index (χ0n) is 33.0. The number of rotatable bonds is 11. The third-order valence-corrected chi connectivity index (χ3v) is 13.4. The molecule has 3 aliphatic heterocycles. The molecule has 3 unspecified atom stereocenters. The molecular weight excluding hydrogens is 667 g/mol. The second-order valence-electron chi connectivity index (χ2n) is 17.9. The van der Waals surface area contributed by atoms with E-state index >= 15 is 0 Å². The number of β-amino-alcohol motifs (C(OH)–C–C–N with tert-alkyl or cyclic N) is 1. The Morgan fingerprint density at radius 2 is 1.81 bits per heavy atom. The largest absolute Gasteiger partial charge is 0.486 e. The molecule has 4 fully saturated rings. The predicted octanol–water partition coefficient (Wildman–Crippen LogP) is 4.95. The van der Waals surface area contributed by atoms with Gasteiger partial charge in [0, 0.05) is 75.3 Å². The van der Waals surface area contributed by atoms with Gasteiger partial charge in [-0.05, 0) is 89.5 Å². The minimum Gasteiger partial charge on any atom is -0.486 e. The monoisotopic (exact) mass is 734 g/mol. The molecule has 0 bridgehead atoms. The van der Waals surface area contributed by atoms with E-state index in [4.69, 9.17) is 9.15 Å². The van der Waals surface area contributed by atoms with Crippen LogP contribution in [0, 0.1) is 18.3 Å². The Labute approximate surface area is 318 Å². The van der Waals surface area contributed by atoms with Gasteiger partial charge in [-0.3, -0.25) is 30.1 Å². The molecule has 11 nitrogen and oxygen atoms in total. The van der Waals surface area contributed by atoms with Gasteiger partial charge in [-0.15, -0.1) is 0 Å². The summed E-state index contributed by atoms with van der Waals surface area (Å²) in [5.74, 6) is 1.62. The van der Waals surface area contributed by atoms with Crippen molar-refractivity contribution in [3.05, 3.63) is 47.2 Å². The minimum absolute atomic E-state index is 0.0940. The zero-order chi connectivity index (χ0) is 37.0. The summed E-state index contributed by atoms with van der Waals surface area (Å²) < 4.78 is 11.4. The lowest BCUT2D eigenvalue weighted by molar-refractivity contribution is -0.140. The van der Waals surface area contributed by atoms with Crippen molar-refractivity contribution in [3.8, 4) is 5.75 Å². The van der Waals surface area contributed by atoms with Crippen molar-refractivity contribution >= 4 is 5.91 Å². The highest BCUT2D eigenvalue weighted by atomic mass is 16.5.